The van der Waals surface area contributed by atoms with Gasteiger partial charge in [0, 0.05) is 13.1 Å². The Labute approximate surface area is 213 Å². The molecule has 2 aliphatic rings. The van der Waals surface area contributed by atoms with Crippen LogP contribution in [0.4, 0.5) is 96.6 Å². The lowest BCUT2D eigenvalue weighted by atomic mass is 9.71. The molecule has 0 unspecified atom stereocenters. The van der Waals surface area contributed by atoms with Gasteiger partial charge in [-0.3, -0.25) is 9.59 Å². The fourth-order valence-electron chi connectivity index (χ4n) is 3.61. The van der Waals surface area contributed by atoms with Gasteiger partial charge in [-0.25, -0.2) is 8.78 Å². The molecule has 0 saturated heterocycles. The zero-order valence-electron chi connectivity index (χ0n) is 18.5. The standard InChI is InChI=1S/C16H6F22N2O2/c17-5(7(19,20)11(27,28)15(35,36)12(29,30)8(5,21)22)3(41)39-1-2-40-4(42)6(18)9(23,24)13(31,32)16(37,38)14(33,34)10(6,25)26/h1-2H2,(H,39,41)(H,40,42). The average Bonchev–Trinajstić information content (AvgIpc) is 2.82. The maximum Gasteiger partial charge on any atom is 0.384 e. The molecule has 2 fully saturated rings. The molecule has 2 aliphatic carbocycles. The van der Waals surface area contributed by atoms with E-state index in [4.69, 9.17) is 0 Å². The monoisotopic (exact) mass is 676 g/mol. The Morgan fingerprint density at radius 3 is 0.619 bits per heavy atom. The molecule has 0 bridgehead atoms. The van der Waals surface area contributed by atoms with Crippen molar-refractivity contribution in [2.75, 3.05) is 13.1 Å². The van der Waals surface area contributed by atoms with Crippen LogP contribution >= 0.6 is 0 Å². The number of alkyl halides is 22. The number of amides is 2. The third kappa shape index (κ3) is 3.20. The third-order valence-corrected chi connectivity index (χ3v) is 6.21. The first-order chi connectivity index (χ1) is 18.0. The Kier molecular flexibility index (Phi) is 7.22. The molecule has 2 saturated carbocycles. The Morgan fingerprint density at radius 1 is 0.310 bits per heavy atom. The van der Waals surface area contributed by atoms with Crippen molar-refractivity contribution in [3.63, 3.8) is 0 Å². The highest BCUT2D eigenvalue weighted by Gasteiger charge is 3.04. The van der Waals surface area contributed by atoms with E-state index in [0.29, 0.717) is 0 Å². The molecule has 26 heteroatoms. The fraction of sp³-hybridized carbons (Fsp3) is 0.875. The second-order valence-corrected chi connectivity index (χ2v) is 8.57. The second kappa shape index (κ2) is 8.52. The Morgan fingerprint density at radius 2 is 0.452 bits per heavy atom. The minimum atomic E-state index is -7.80. The van der Waals surface area contributed by atoms with Crippen LogP contribution in [0.5, 0.6) is 0 Å². The van der Waals surface area contributed by atoms with E-state index in [0.717, 1.165) is 0 Å². The lowest BCUT2D eigenvalue weighted by molar-refractivity contribution is -0.476. The summed E-state index contributed by atoms with van der Waals surface area (Å²) < 4.78 is 298. The van der Waals surface area contributed by atoms with Gasteiger partial charge in [-0.05, 0) is 0 Å². The molecule has 4 nitrogen and oxygen atoms in total. The van der Waals surface area contributed by atoms with Gasteiger partial charge in [-0.1, -0.05) is 0 Å². The van der Waals surface area contributed by atoms with Crippen LogP contribution < -0.4 is 10.6 Å². The van der Waals surface area contributed by atoms with Crippen molar-refractivity contribution in [1.82, 2.24) is 10.6 Å². The highest BCUT2D eigenvalue weighted by atomic mass is 19.4. The van der Waals surface area contributed by atoms with Crippen molar-refractivity contribution in [2.45, 2.75) is 70.6 Å². The molecule has 2 amide bonds. The highest BCUT2D eigenvalue weighted by Crippen LogP contribution is 2.70. The molecule has 2 rings (SSSR count). The van der Waals surface area contributed by atoms with Gasteiger partial charge in [0.05, 0.1) is 0 Å². The zero-order chi connectivity index (χ0) is 34.0. The largest absolute Gasteiger partial charge is 0.384 e. The number of hydrogen-bond acceptors (Lipinski definition) is 2. The van der Waals surface area contributed by atoms with E-state index in [1.54, 1.807) is 0 Å². The van der Waals surface area contributed by atoms with Gasteiger partial charge in [0.1, 0.15) is 0 Å². The van der Waals surface area contributed by atoms with Gasteiger partial charge in [0.2, 0.25) is 0 Å². The van der Waals surface area contributed by atoms with Crippen LogP contribution in [0, 0.1) is 0 Å². The van der Waals surface area contributed by atoms with Gasteiger partial charge in [-0.15, -0.1) is 0 Å². The van der Waals surface area contributed by atoms with Crippen molar-refractivity contribution in [3.8, 4) is 0 Å². The fourth-order valence-corrected chi connectivity index (χ4v) is 3.61. The maximum atomic E-state index is 14.5. The molecule has 246 valence electrons. The summed E-state index contributed by atoms with van der Waals surface area (Å²) in [5.41, 5.74) is -14.8. The average molecular weight is 676 g/mol. The quantitative estimate of drug-likeness (QED) is 0.318. The van der Waals surface area contributed by atoms with Crippen LogP contribution in [-0.4, -0.2) is 95.5 Å². The van der Waals surface area contributed by atoms with Gasteiger partial charge in [0.15, 0.2) is 0 Å². The van der Waals surface area contributed by atoms with Crippen LogP contribution in [0.25, 0.3) is 0 Å². The number of rotatable bonds is 5. The zero-order valence-corrected chi connectivity index (χ0v) is 18.5. The first-order valence-electron chi connectivity index (χ1n) is 9.77. The second-order valence-electron chi connectivity index (χ2n) is 8.57. The Balaban J connectivity index is 2.38. The van der Waals surface area contributed by atoms with E-state index >= 15 is 0 Å². The summed E-state index contributed by atoms with van der Waals surface area (Å²) in [6, 6.07) is 0. The van der Waals surface area contributed by atoms with E-state index < -0.39 is 95.5 Å². The summed E-state index contributed by atoms with van der Waals surface area (Å²) in [7, 11) is 0. The predicted octanol–water partition coefficient (Wildman–Crippen LogP) is 5.02. The van der Waals surface area contributed by atoms with E-state index in [1.807, 2.05) is 0 Å². The minimum absolute atomic E-state index is 0.151. The highest BCUT2D eigenvalue weighted by molar-refractivity contribution is 5.90. The molecular formula is C16H6F22N2O2. The Bertz CT molecular complexity index is 997. The topological polar surface area (TPSA) is 58.2 Å². The molecular weight excluding hydrogens is 670 g/mol. The van der Waals surface area contributed by atoms with Crippen LogP contribution in [0.3, 0.4) is 0 Å². The van der Waals surface area contributed by atoms with Crippen LogP contribution in [0.2, 0.25) is 0 Å². The molecule has 0 spiro atoms. The maximum absolute atomic E-state index is 14.5. The van der Waals surface area contributed by atoms with Gasteiger partial charge in [0.25, 0.3) is 11.8 Å². The normalized spacial score (nSPS) is 30.9. The SMILES string of the molecule is O=C(NCCNC(=O)C1(F)C(F)(F)C(F)(F)C(F)(F)C(F)(F)C1(F)F)C1(F)C(F)(F)C(F)(F)C(F)(F)C(F)(F)C1(F)F. The summed E-state index contributed by atoms with van der Waals surface area (Å²) in [5.74, 6) is -86.0. The van der Waals surface area contributed by atoms with E-state index in [2.05, 4.69) is 0 Å². The van der Waals surface area contributed by atoms with Crippen molar-refractivity contribution < 1.29 is 106 Å². The van der Waals surface area contributed by atoms with E-state index in [9.17, 15) is 106 Å². The van der Waals surface area contributed by atoms with Gasteiger partial charge < -0.3 is 10.6 Å². The number of carbonyl (C=O) groups is 2. The van der Waals surface area contributed by atoms with Crippen LogP contribution in [0.15, 0.2) is 0 Å². The van der Waals surface area contributed by atoms with Gasteiger partial charge in [-0.2, -0.15) is 87.8 Å². The van der Waals surface area contributed by atoms with Crippen molar-refractivity contribution in [2.24, 2.45) is 0 Å². The molecule has 0 aromatic rings. The summed E-state index contributed by atoms with van der Waals surface area (Å²) in [6.07, 6.45) is 0. The first kappa shape index (κ1) is 35.6. The van der Waals surface area contributed by atoms with Crippen molar-refractivity contribution in [3.05, 3.63) is 0 Å². The number of hydrogen-bond donors (Lipinski definition) is 2. The summed E-state index contributed by atoms with van der Waals surface area (Å²) >= 11 is 0. The predicted molar refractivity (Wildman–Crippen MR) is 83.2 cm³/mol. The summed E-state index contributed by atoms with van der Waals surface area (Å²) in [6.45, 7) is -4.71. The minimum Gasteiger partial charge on any atom is -0.351 e. The molecule has 0 aliphatic heterocycles. The van der Waals surface area contributed by atoms with Gasteiger partial charge >= 0.3 is 70.6 Å². The third-order valence-electron chi connectivity index (χ3n) is 6.21. The summed E-state index contributed by atoms with van der Waals surface area (Å²) in [4.78, 5) is 23.1. The lowest BCUT2D eigenvalue weighted by Gasteiger charge is -2.51. The van der Waals surface area contributed by atoms with Crippen LogP contribution in [-0.2, 0) is 9.59 Å². The molecule has 0 aromatic heterocycles. The smallest absolute Gasteiger partial charge is 0.351 e. The summed E-state index contributed by atoms with van der Waals surface area (Å²) in [5, 5.41) is 0.302. The molecule has 0 atom stereocenters. The van der Waals surface area contributed by atoms with E-state index in [1.165, 1.54) is 0 Å². The Hall–Kier alpha value is -2.60. The first-order valence-corrected chi connectivity index (χ1v) is 9.77. The van der Waals surface area contributed by atoms with Crippen LogP contribution in [0.1, 0.15) is 0 Å². The molecule has 42 heavy (non-hydrogen) atoms. The molecule has 0 heterocycles. The molecule has 0 aromatic carbocycles. The number of carbonyl (C=O) groups excluding carboxylic acids is 2. The van der Waals surface area contributed by atoms with E-state index in [-0.39, 0.29) is 10.6 Å². The van der Waals surface area contributed by atoms with Crippen molar-refractivity contribution in [1.29, 1.82) is 0 Å². The molecule has 0 radical (unpaired) electrons. The number of nitrogens with one attached hydrogen (secondary N) is 2. The number of halogens is 22. The van der Waals surface area contributed by atoms with Crippen molar-refractivity contribution >= 4 is 11.8 Å². The molecule has 2 N–H and O–H groups in total. The lowest BCUT2D eigenvalue weighted by Crippen LogP contribution is -2.86.